The van der Waals surface area contributed by atoms with Crippen LogP contribution in [0.25, 0.3) is 11.1 Å². The number of benzene rings is 2. The van der Waals surface area contributed by atoms with Crippen molar-refractivity contribution in [1.29, 1.82) is 0 Å². The fraction of sp³-hybridized carbons (Fsp3) is 0.478. The van der Waals surface area contributed by atoms with Gasteiger partial charge in [0.05, 0.1) is 0 Å². The normalized spacial score (nSPS) is 14.5. The third kappa shape index (κ3) is 3.10. The summed E-state index contributed by atoms with van der Waals surface area (Å²) in [4.78, 5) is 0. The first kappa shape index (κ1) is 18.1. The van der Waals surface area contributed by atoms with Crippen molar-refractivity contribution in [2.45, 2.75) is 65.3 Å². The van der Waals surface area contributed by atoms with Gasteiger partial charge in [-0.05, 0) is 0 Å². The van der Waals surface area contributed by atoms with Crippen molar-refractivity contribution >= 4 is 0 Å². The molecule has 0 aromatic heterocycles. The fourth-order valence-electron chi connectivity index (χ4n) is 3.82. The minimum absolute atomic E-state index is 0.218. The quantitative estimate of drug-likeness (QED) is 0.482. The third-order valence-electron chi connectivity index (χ3n) is 5.32. The minimum atomic E-state index is -1.45. The van der Waals surface area contributed by atoms with Gasteiger partial charge in [0.1, 0.15) is 0 Å². The molecule has 0 fully saturated rings. The topological polar surface area (TPSA) is 0 Å². The first-order valence-corrected chi connectivity index (χ1v) is 15.4. The molecule has 0 amide bonds. The second-order valence-corrected chi connectivity index (χ2v) is 16.3. The van der Waals surface area contributed by atoms with Crippen molar-refractivity contribution in [3.63, 3.8) is 0 Å². The molecule has 0 nitrogen and oxygen atoms in total. The van der Waals surface area contributed by atoms with Crippen molar-refractivity contribution in [3.05, 3.63) is 58.7 Å². The van der Waals surface area contributed by atoms with E-state index in [2.05, 4.69) is 87.2 Å². The Bertz CT molecular complexity index is 706. The van der Waals surface area contributed by atoms with Crippen LogP contribution < -0.4 is 0 Å². The van der Waals surface area contributed by atoms with Gasteiger partial charge >= 0.3 is 157 Å². The third-order valence-corrected chi connectivity index (χ3v) is 9.69. The molecule has 0 aliphatic heterocycles. The Morgan fingerprint density at radius 3 is 1.33 bits per heavy atom. The van der Waals surface area contributed by atoms with Gasteiger partial charge in [0.2, 0.25) is 0 Å². The maximum atomic E-state index is 2.55. The van der Waals surface area contributed by atoms with E-state index < -0.39 is 21.8 Å². The summed E-state index contributed by atoms with van der Waals surface area (Å²) >= 11 is -1.45. The molecule has 2 aromatic carbocycles. The van der Waals surface area contributed by atoms with E-state index in [4.69, 9.17) is 0 Å². The first-order chi connectivity index (χ1) is 11.0. The van der Waals surface area contributed by atoms with Gasteiger partial charge in [-0.3, -0.25) is 0 Å². The molecule has 1 aliphatic rings. The molecule has 0 saturated carbocycles. The van der Waals surface area contributed by atoms with E-state index in [0.717, 1.165) is 0 Å². The molecular weight excluding hydrogens is 367 g/mol. The molecule has 0 spiro atoms. The molecule has 1 heteroatoms. The summed E-state index contributed by atoms with van der Waals surface area (Å²) in [7, 11) is 0. The molecule has 127 valence electrons. The first-order valence-electron chi connectivity index (χ1n) is 9.09. The second kappa shape index (κ2) is 5.94. The molecule has 0 unspecified atom stereocenters. The van der Waals surface area contributed by atoms with Gasteiger partial charge in [-0.15, -0.1) is 0 Å². The summed E-state index contributed by atoms with van der Waals surface area (Å²) in [5.74, 6) is 0. The van der Waals surface area contributed by atoms with E-state index in [1.807, 2.05) is 0 Å². The summed E-state index contributed by atoms with van der Waals surface area (Å²) < 4.78 is 5.82. The van der Waals surface area contributed by atoms with Crippen molar-refractivity contribution in [1.82, 2.24) is 0 Å². The van der Waals surface area contributed by atoms with Crippen LogP contribution in [0.3, 0.4) is 0 Å². The average molecular weight is 399 g/mol. The van der Waals surface area contributed by atoms with Crippen LogP contribution in [0.1, 0.15) is 67.4 Å². The van der Waals surface area contributed by atoms with E-state index in [9.17, 15) is 0 Å². The summed E-state index contributed by atoms with van der Waals surface area (Å²) in [5, 5.41) is 0. The van der Waals surface area contributed by atoms with Gasteiger partial charge in [-0.1, -0.05) is 0 Å². The molecule has 0 radical (unpaired) electrons. The van der Waals surface area contributed by atoms with Gasteiger partial charge in [0.15, 0.2) is 0 Å². The molecule has 3 rings (SSSR count). The van der Waals surface area contributed by atoms with E-state index >= 15 is 0 Å². The van der Waals surface area contributed by atoms with Crippen molar-refractivity contribution in [2.75, 3.05) is 0 Å². The van der Waals surface area contributed by atoms with E-state index in [1.165, 1.54) is 22.3 Å². The van der Waals surface area contributed by atoms with Gasteiger partial charge in [0.25, 0.3) is 0 Å². The van der Waals surface area contributed by atoms with Crippen LogP contribution in [0.5, 0.6) is 0 Å². The molecule has 0 atom stereocenters. The van der Waals surface area contributed by atoms with Crippen LogP contribution in [0.15, 0.2) is 36.4 Å². The number of hydrogen-bond donors (Lipinski definition) is 0. The Balaban J connectivity index is 2.21. The molecule has 0 bridgehead atoms. The van der Waals surface area contributed by atoms with Gasteiger partial charge in [0, 0.05) is 0 Å². The van der Waals surface area contributed by atoms with Gasteiger partial charge < -0.3 is 0 Å². The predicted molar refractivity (Wildman–Crippen MR) is 103 cm³/mol. The molecule has 0 saturated heterocycles. The maximum absolute atomic E-state index is 2.55. The van der Waals surface area contributed by atoms with Crippen LogP contribution in [0.4, 0.5) is 0 Å². The standard InChI is InChI=1S/C21H25.2CH3.Zr/c1-20(2,3)16-7-9-18-14(12-16)11-15-13-17(21(4,5)6)8-10-19(15)18;;;/h7-13H,1-6H3;2*1H3;. The number of fused-ring (bicyclic) bond motifs is 3. The molecular formula is C23H31Zr. The second-order valence-electron chi connectivity index (χ2n) is 9.61. The molecule has 24 heavy (non-hydrogen) atoms. The summed E-state index contributed by atoms with van der Waals surface area (Å²) in [6.07, 6.45) is 0. The van der Waals surface area contributed by atoms with Crippen molar-refractivity contribution in [2.24, 2.45) is 0 Å². The van der Waals surface area contributed by atoms with Crippen LogP contribution in [0, 0.1) is 0 Å². The zero-order valence-corrected chi connectivity index (χ0v) is 19.0. The van der Waals surface area contributed by atoms with Crippen LogP contribution in [-0.4, -0.2) is 0 Å². The van der Waals surface area contributed by atoms with Crippen LogP contribution in [0.2, 0.25) is 9.26 Å². The Hall–Kier alpha value is -0.677. The van der Waals surface area contributed by atoms with Crippen LogP contribution >= 0.6 is 0 Å². The van der Waals surface area contributed by atoms with Crippen molar-refractivity contribution in [3.8, 4) is 11.1 Å². The SMILES string of the molecule is [CH3][Zr]([CH3])[CH]1c2cc(C(C)(C)C)ccc2-c2ccc(C(C)(C)C)cc21. The number of hydrogen-bond acceptors (Lipinski definition) is 0. The van der Waals surface area contributed by atoms with Crippen LogP contribution in [-0.2, 0) is 32.6 Å². The van der Waals surface area contributed by atoms with Gasteiger partial charge in [-0.25, -0.2) is 0 Å². The Kier molecular flexibility index (Phi) is 4.49. The Morgan fingerprint density at radius 2 is 1.04 bits per heavy atom. The molecule has 0 N–H and O–H groups in total. The summed E-state index contributed by atoms with van der Waals surface area (Å²) in [6.45, 7) is 13.9. The van der Waals surface area contributed by atoms with Gasteiger partial charge in [-0.2, -0.15) is 0 Å². The van der Waals surface area contributed by atoms with E-state index in [-0.39, 0.29) is 10.8 Å². The predicted octanol–water partition coefficient (Wildman–Crippen LogP) is 7.07. The van der Waals surface area contributed by atoms with E-state index in [0.29, 0.717) is 3.63 Å². The molecule has 1 aliphatic carbocycles. The average Bonchev–Trinajstić information content (AvgIpc) is 2.78. The van der Waals surface area contributed by atoms with E-state index in [1.54, 1.807) is 11.1 Å². The molecule has 2 aromatic rings. The summed E-state index contributed by atoms with van der Waals surface area (Å²) in [6, 6.07) is 14.5. The monoisotopic (exact) mass is 397 g/mol. The number of rotatable bonds is 1. The Morgan fingerprint density at radius 1 is 0.667 bits per heavy atom. The summed E-state index contributed by atoms with van der Waals surface area (Å²) in [5.41, 5.74) is 9.59. The Labute approximate surface area is 156 Å². The molecule has 0 heterocycles. The van der Waals surface area contributed by atoms with Crippen molar-refractivity contribution < 1.29 is 21.8 Å². The zero-order valence-electron chi connectivity index (χ0n) is 16.5. The zero-order chi connectivity index (χ0) is 17.9. The fourth-order valence-corrected chi connectivity index (χ4v) is 8.05.